The van der Waals surface area contributed by atoms with Gasteiger partial charge in [-0.2, -0.15) is 5.26 Å². The molecule has 2 N–H and O–H groups in total. The van der Waals surface area contributed by atoms with Crippen LogP contribution in [0.5, 0.6) is 0 Å². The third-order valence-corrected chi connectivity index (χ3v) is 1.51. The van der Waals surface area contributed by atoms with Crippen molar-refractivity contribution >= 4 is 5.91 Å². The Kier molecular flexibility index (Phi) is 1.88. The molecule has 0 radical (unpaired) electrons. The minimum Gasteiger partial charge on any atom is -0.374 e. The number of nitrogens with one attached hydrogen (secondary N) is 1. The summed E-state index contributed by atoms with van der Waals surface area (Å²) < 4.78 is 0. The van der Waals surface area contributed by atoms with Crippen LogP contribution in [0.1, 0.15) is 12.8 Å². The molecule has 0 bridgehead atoms. The predicted octanol–water partition coefficient (Wildman–Crippen LogP) is -0.645. The molecule has 1 aliphatic rings. The summed E-state index contributed by atoms with van der Waals surface area (Å²) in [6.07, 6.45) is 0.185. The summed E-state index contributed by atoms with van der Waals surface area (Å²) in [5.74, 6) is -0.926. The number of piperidine rings is 1. The summed E-state index contributed by atoms with van der Waals surface area (Å²) >= 11 is 0. The fourth-order valence-corrected chi connectivity index (χ4v) is 0.916. The number of nitrogens with zero attached hydrogens (tertiary/aromatic N) is 1. The Morgan fingerprint density at radius 3 is 2.90 bits per heavy atom. The first-order valence-corrected chi connectivity index (χ1v) is 3.12. The molecule has 2 atom stereocenters. The molecule has 4 nitrogen and oxygen atoms in total. The standard InChI is InChI=1S/C6H8N2O2/c7-3-4-1-2-5(9)8-6(4)10/h4-5,9H,1-2H2,(H,8,10). The summed E-state index contributed by atoms with van der Waals surface area (Å²) in [6.45, 7) is 0. The Morgan fingerprint density at radius 1 is 1.70 bits per heavy atom. The predicted molar refractivity (Wildman–Crippen MR) is 32.5 cm³/mol. The van der Waals surface area contributed by atoms with E-state index in [1.807, 2.05) is 6.07 Å². The van der Waals surface area contributed by atoms with Crippen molar-refractivity contribution in [2.24, 2.45) is 5.92 Å². The molecular formula is C6H8N2O2. The van der Waals surface area contributed by atoms with Gasteiger partial charge in [0.2, 0.25) is 5.91 Å². The van der Waals surface area contributed by atoms with Gasteiger partial charge in [-0.05, 0) is 12.8 Å². The number of hydrogen-bond donors (Lipinski definition) is 2. The average molecular weight is 140 g/mol. The molecule has 1 rings (SSSR count). The molecule has 0 aliphatic carbocycles. The van der Waals surface area contributed by atoms with E-state index in [2.05, 4.69) is 5.32 Å². The van der Waals surface area contributed by atoms with Crippen molar-refractivity contribution in [2.75, 3.05) is 0 Å². The smallest absolute Gasteiger partial charge is 0.239 e. The van der Waals surface area contributed by atoms with E-state index in [9.17, 15) is 4.79 Å². The normalized spacial score (nSPS) is 32.6. The highest BCUT2D eigenvalue weighted by Crippen LogP contribution is 2.12. The maximum atomic E-state index is 10.7. The molecule has 1 saturated heterocycles. The lowest BCUT2D eigenvalue weighted by molar-refractivity contribution is -0.129. The molecule has 0 spiro atoms. The quantitative estimate of drug-likeness (QED) is 0.469. The van der Waals surface area contributed by atoms with Crippen LogP contribution in [0.3, 0.4) is 0 Å². The lowest BCUT2D eigenvalue weighted by Gasteiger charge is -2.20. The zero-order valence-electron chi connectivity index (χ0n) is 5.37. The number of carbonyl (C=O) groups excluding carboxylic acids is 1. The van der Waals surface area contributed by atoms with E-state index < -0.39 is 12.1 Å². The zero-order chi connectivity index (χ0) is 7.56. The molecule has 1 aliphatic heterocycles. The van der Waals surface area contributed by atoms with Gasteiger partial charge in [-0.1, -0.05) is 0 Å². The van der Waals surface area contributed by atoms with Crippen molar-refractivity contribution in [3.63, 3.8) is 0 Å². The second-order valence-corrected chi connectivity index (χ2v) is 2.28. The second kappa shape index (κ2) is 2.67. The van der Waals surface area contributed by atoms with Gasteiger partial charge in [-0.3, -0.25) is 4.79 Å². The first kappa shape index (κ1) is 7.03. The van der Waals surface area contributed by atoms with Crippen LogP contribution in [0.15, 0.2) is 0 Å². The topological polar surface area (TPSA) is 73.1 Å². The minimum absolute atomic E-state index is 0.360. The fourth-order valence-electron chi connectivity index (χ4n) is 0.916. The van der Waals surface area contributed by atoms with E-state index >= 15 is 0 Å². The van der Waals surface area contributed by atoms with Crippen molar-refractivity contribution in [1.82, 2.24) is 5.32 Å². The van der Waals surface area contributed by atoms with E-state index in [1.54, 1.807) is 0 Å². The molecule has 0 aromatic rings. The SMILES string of the molecule is N#CC1CCC(O)NC1=O. The number of carbonyl (C=O) groups is 1. The van der Waals surface area contributed by atoms with Crippen molar-refractivity contribution in [3.05, 3.63) is 0 Å². The van der Waals surface area contributed by atoms with Crippen LogP contribution in [0.25, 0.3) is 0 Å². The summed E-state index contributed by atoms with van der Waals surface area (Å²) in [7, 11) is 0. The van der Waals surface area contributed by atoms with Crippen molar-refractivity contribution in [2.45, 2.75) is 19.1 Å². The number of rotatable bonds is 0. The molecule has 0 saturated carbocycles. The van der Waals surface area contributed by atoms with E-state index in [0.717, 1.165) is 0 Å². The van der Waals surface area contributed by atoms with Crippen LogP contribution < -0.4 is 5.32 Å². The number of aliphatic hydroxyl groups is 1. The maximum absolute atomic E-state index is 10.7. The number of aliphatic hydroxyl groups excluding tert-OH is 1. The summed E-state index contributed by atoms with van der Waals surface area (Å²) in [5, 5.41) is 19.5. The molecule has 54 valence electrons. The third-order valence-electron chi connectivity index (χ3n) is 1.51. The van der Waals surface area contributed by atoms with Crippen LogP contribution >= 0.6 is 0 Å². The molecule has 0 aromatic carbocycles. The Bertz CT molecular complexity index is 185. The largest absolute Gasteiger partial charge is 0.374 e. The van der Waals surface area contributed by atoms with Crippen molar-refractivity contribution in [3.8, 4) is 6.07 Å². The lowest BCUT2D eigenvalue weighted by Crippen LogP contribution is -2.43. The van der Waals surface area contributed by atoms with E-state index in [-0.39, 0.29) is 5.91 Å². The Balaban J connectivity index is 2.54. The van der Waals surface area contributed by atoms with Gasteiger partial charge in [0, 0.05) is 0 Å². The second-order valence-electron chi connectivity index (χ2n) is 2.28. The first-order chi connectivity index (χ1) is 4.74. The van der Waals surface area contributed by atoms with Gasteiger partial charge in [0.1, 0.15) is 12.1 Å². The van der Waals surface area contributed by atoms with Crippen LogP contribution in [-0.4, -0.2) is 17.2 Å². The third kappa shape index (κ3) is 1.25. The summed E-state index contributed by atoms with van der Waals surface area (Å²) in [5.41, 5.74) is 0. The van der Waals surface area contributed by atoms with Crippen LogP contribution in [-0.2, 0) is 4.79 Å². The van der Waals surface area contributed by atoms with Gasteiger partial charge in [0.05, 0.1) is 6.07 Å². The van der Waals surface area contributed by atoms with Gasteiger partial charge in [0.25, 0.3) is 0 Å². The van der Waals surface area contributed by atoms with Gasteiger partial charge in [-0.15, -0.1) is 0 Å². The van der Waals surface area contributed by atoms with Crippen molar-refractivity contribution < 1.29 is 9.90 Å². The minimum atomic E-state index is -0.753. The number of hydrogen-bond acceptors (Lipinski definition) is 3. The summed E-state index contributed by atoms with van der Waals surface area (Å²) in [6, 6.07) is 1.85. The molecule has 1 amide bonds. The van der Waals surface area contributed by atoms with Gasteiger partial charge in [-0.25, -0.2) is 0 Å². The highest BCUT2D eigenvalue weighted by atomic mass is 16.3. The number of amides is 1. The van der Waals surface area contributed by atoms with Crippen LogP contribution in [0.2, 0.25) is 0 Å². The monoisotopic (exact) mass is 140 g/mol. The van der Waals surface area contributed by atoms with Crippen LogP contribution in [0.4, 0.5) is 0 Å². The highest BCUT2D eigenvalue weighted by molar-refractivity contribution is 5.81. The fraction of sp³-hybridized carbons (Fsp3) is 0.667. The molecule has 2 unspecified atom stereocenters. The zero-order valence-corrected chi connectivity index (χ0v) is 5.37. The van der Waals surface area contributed by atoms with E-state index in [4.69, 9.17) is 10.4 Å². The van der Waals surface area contributed by atoms with Crippen molar-refractivity contribution in [1.29, 1.82) is 5.26 Å². The Hall–Kier alpha value is -1.08. The van der Waals surface area contributed by atoms with E-state index in [0.29, 0.717) is 12.8 Å². The molecule has 4 heteroatoms. The van der Waals surface area contributed by atoms with Gasteiger partial charge in [0.15, 0.2) is 0 Å². The summed E-state index contributed by atoms with van der Waals surface area (Å²) in [4.78, 5) is 10.7. The molecule has 10 heavy (non-hydrogen) atoms. The molecular weight excluding hydrogens is 132 g/mol. The van der Waals surface area contributed by atoms with E-state index in [1.165, 1.54) is 0 Å². The van der Waals surface area contributed by atoms with Crippen LogP contribution in [0, 0.1) is 17.2 Å². The number of nitriles is 1. The lowest BCUT2D eigenvalue weighted by atomic mass is 10.00. The molecule has 0 aromatic heterocycles. The highest BCUT2D eigenvalue weighted by Gasteiger charge is 2.25. The van der Waals surface area contributed by atoms with Gasteiger partial charge < -0.3 is 10.4 Å². The Labute approximate surface area is 58.5 Å². The first-order valence-electron chi connectivity index (χ1n) is 3.12. The molecule has 1 fully saturated rings. The average Bonchev–Trinajstić information content (AvgIpc) is 1.88. The van der Waals surface area contributed by atoms with Gasteiger partial charge >= 0.3 is 0 Å². The molecule has 1 heterocycles. The maximum Gasteiger partial charge on any atom is 0.239 e. The Morgan fingerprint density at radius 2 is 2.40 bits per heavy atom.